The molecule has 254 valence electrons. The Labute approximate surface area is 267 Å². The molecule has 0 bridgehead atoms. The van der Waals surface area contributed by atoms with E-state index in [0.717, 1.165) is 13.1 Å². The molecule has 0 spiro atoms. The number of hydrogen-bond donors (Lipinski definition) is 2. The summed E-state index contributed by atoms with van der Waals surface area (Å²) in [5.74, 6) is -0.0978. The van der Waals surface area contributed by atoms with Crippen molar-refractivity contribution in [3.63, 3.8) is 0 Å². The van der Waals surface area contributed by atoms with Gasteiger partial charge >= 0.3 is 16.5 Å². The summed E-state index contributed by atoms with van der Waals surface area (Å²) in [7, 11) is 0.136. The Morgan fingerprint density at radius 2 is 1.62 bits per heavy atom. The number of imidazole rings is 1. The first-order valence-electron chi connectivity index (χ1n) is 14.8. The summed E-state index contributed by atoms with van der Waals surface area (Å²) >= 11 is 0. The maximum Gasteiger partial charge on any atom is 0.697 e. The van der Waals surface area contributed by atoms with Crippen molar-refractivity contribution in [1.29, 1.82) is 0 Å². The van der Waals surface area contributed by atoms with E-state index in [2.05, 4.69) is 48.8 Å². The highest BCUT2D eigenvalue weighted by Gasteiger charge is 2.56. The molecule has 0 radical (unpaired) electrons. The van der Waals surface area contributed by atoms with Gasteiger partial charge in [0.15, 0.2) is 31.8 Å². The lowest BCUT2D eigenvalue weighted by Crippen LogP contribution is -2.49. The van der Waals surface area contributed by atoms with E-state index < -0.39 is 54.9 Å². The van der Waals surface area contributed by atoms with Gasteiger partial charge in [-0.1, -0.05) is 20.8 Å². The maximum atomic E-state index is 13.1. The van der Waals surface area contributed by atoms with Gasteiger partial charge in [0.25, 0.3) is 5.56 Å². The third-order valence-electron chi connectivity index (χ3n) is 7.69. The van der Waals surface area contributed by atoms with Crippen molar-refractivity contribution in [2.45, 2.75) is 76.3 Å². The van der Waals surface area contributed by atoms with Crippen LogP contribution in [0.25, 0.3) is 11.2 Å². The molecule has 3 heterocycles. The molecular formula is C26H49N7O9P2Si+2. The molecule has 0 saturated carbocycles. The lowest BCUT2D eigenvalue weighted by Gasteiger charge is -2.40. The van der Waals surface area contributed by atoms with Gasteiger partial charge in [-0.05, 0) is 72.3 Å². The SMILES string of the molecule is CN(C)CCCO[P+](=O)OCC1OC(n2cnc3c(=O)[nH]c(N)nc32)C(O[Si](C)(C)C(C)(C)C)C1O[P+](=O)OCCCN(C)C. The van der Waals surface area contributed by atoms with Gasteiger partial charge in [0.2, 0.25) is 5.95 Å². The van der Waals surface area contributed by atoms with Crippen LogP contribution < -0.4 is 11.3 Å². The Hall–Kier alpha value is -1.75. The second-order valence-electron chi connectivity index (χ2n) is 13.0. The summed E-state index contributed by atoms with van der Waals surface area (Å²) in [4.78, 5) is 27.5. The molecule has 2 aromatic heterocycles. The molecule has 16 nitrogen and oxygen atoms in total. The number of hydrogen-bond acceptors (Lipinski definition) is 14. The van der Waals surface area contributed by atoms with Gasteiger partial charge in [0.1, 0.15) is 32.0 Å². The van der Waals surface area contributed by atoms with Gasteiger partial charge in [-0.15, -0.1) is 18.1 Å². The molecule has 1 fully saturated rings. The van der Waals surface area contributed by atoms with Gasteiger partial charge in [-0.2, -0.15) is 4.98 Å². The number of nitrogens with two attached hydrogens (primary N) is 1. The van der Waals surface area contributed by atoms with Crippen LogP contribution in [0.5, 0.6) is 0 Å². The van der Waals surface area contributed by atoms with Crippen LogP contribution in [-0.4, -0.2) is 117 Å². The van der Waals surface area contributed by atoms with Crippen molar-refractivity contribution >= 4 is 41.9 Å². The number of nitrogens with one attached hydrogen (secondary N) is 1. The molecule has 0 aromatic carbocycles. The third kappa shape index (κ3) is 10.6. The average molecular weight is 694 g/mol. The normalized spacial score (nSPS) is 21.8. The zero-order valence-electron chi connectivity index (χ0n) is 27.7. The van der Waals surface area contributed by atoms with Crippen molar-refractivity contribution < 1.29 is 36.4 Å². The first-order chi connectivity index (χ1) is 21.0. The molecule has 6 unspecified atom stereocenters. The third-order valence-corrected chi connectivity index (χ3v) is 13.7. The molecule has 0 amide bonds. The predicted molar refractivity (Wildman–Crippen MR) is 173 cm³/mol. The summed E-state index contributed by atoms with van der Waals surface area (Å²) in [6.07, 6.45) is -1.01. The van der Waals surface area contributed by atoms with Gasteiger partial charge in [0.05, 0.1) is 6.33 Å². The molecule has 45 heavy (non-hydrogen) atoms. The fourth-order valence-corrected chi connectivity index (χ4v) is 7.01. The minimum Gasteiger partial charge on any atom is -0.406 e. The van der Waals surface area contributed by atoms with Crippen LogP contribution in [0.2, 0.25) is 18.1 Å². The minimum atomic E-state index is -2.60. The van der Waals surface area contributed by atoms with Crippen LogP contribution in [0.3, 0.4) is 0 Å². The summed E-state index contributed by atoms with van der Waals surface area (Å²) in [6.45, 7) is 12.1. The molecule has 1 aliphatic heterocycles. The fourth-order valence-electron chi connectivity index (χ4n) is 4.31. The fraction of sp³-hybridized carbons (Fsp3) is 0.808. The smallest absolute Gasteiger partial charge is 0.406 e. The zero-order chi connectivity index (χ0) is 33.5. The Morgan fingerprint density at radius 3 is 2.20 bits per heavy atom. The number of nitrogen functional groups attached to an aromatic ring is 1. The van der Waals surface area contributed by atoms with Gasteiger partial charge in [0, 0.05) is 9.13 Å². The Bertz CT molecular complexity index is 1350. The first-order valence-corrected chi connectivity index (χ1v) is 19.9. The van der Waals surface area contributed by atoms with Crippen LogP contribution in [0.4, 0.5) is 5.95 Å². The van der Waals surface area contributed by atoms with Gasteiger partial charge in [-0.25, -0.2) is 4.98 Å². The van der Waals surface area contributed by atoms with Gasteiger partial charge in [-0.3, -0.25) is 14.3 Å². The van der Waals surface area contributed by atoms with E-state index in [1.807, 2.05) is 38.0 Å². The van der Waals surface area contributed by atoms with E-state index in [1.54, 1.807) is 0 Å². The average Bonchev–Trinajstić information content (AvgIpc) is 3.48. The molecular weight excluding hydrogens is 644 g/mol. The summed E-state index contributed by atoms with van der Waals surface area (Å²) < 4.78 is 63.1. The van der Waals surface area contributed by atoms with Crippen LogP contribution >= 0.6 is 16.5 Å². The Morgan fingerprint density at radius 1 is 1.02 bits per heavy atom. The summed E-state index contributed by atoms with van der Waals surface area (Å²) in [5, 5.41) is -0.220. The lowest BCUT2D eigenvalue weighted by atomic mass is 10.1. The number of aromatic amines is 1. The van der Waals surface area contributed by atoms with Crippen LogP contribution in [0, 0.1) is 0 Å². The number of aromatic nitrogens is 4. The highest BCUT2D eigenvalue weighted by molar-refractivity contribution is 7.33. The number of nitrogens with zero attached hydrogens (tertiary/aromatic N) is 5. The maximum absolute atomic E-state index is 13.1. The molecule has 19 heteroatoms. The number of anilines is 1. The molecule has 3 N–H and O–H groups in total. The molecule has 2 aromatic rings. The van der Waals surface area contributed by atoms with Crippen LogP contribution in [0.1, 0.15) is 39.8 Å². The van der Waals surface area contributed by atoms with Crippen molar-refractivity contribution in [3.05, 3.63) is 16.7 Å². The zero-order valence-corrected chi connectivity index (χ0v) is 30.5. The molecule has 6 atom stereocenters. The second kappa shape index (κ2) is 16.4. The number of fused-ring (bicyclic) bond motifs is 1. The molecule has 0 aliphatic carbocycles. The Kier molecular flexibility index (Phi) is 13.7. The summed E-state index contributed by atoms with van der Waals surface area (Å²) in [6, 6.07) is 0. The van der Waals surface area contributed by atoms with Crippen molar-refractivity contribution in [2.24, 2.45) is 0 Å². The monoisotopic (exact) mass is 693 g/mol. The molecule has 1 aliphatic rings. The topological polar surface area (TPSA) is 186 Å². The van der Waals surface area contributed by atoms with Crippen LogP contribution in [0.15, 0.2) is 11.1 Å². The predicted octanol–water partition coefficient (Wildman–Crippen LogP) is 3.64. The highest BCUT2D eigenvalue weighted by atomic mass is 31.1. The van der Waals surface area contributed by atoms with E-state index in [0.29, 0.717) is 12.8 Å². The number of ether oxygens (including phenoxy) is 1. The van der Waals surface area contributed by atoms with E-state index in [9.17, 15) is 13.9 Å². The number of H-pyrrole nitrogens is 1. The molecule has 3 rings (SSSR count). The lowest BCUT2D eigenvalue weighted by molar-refractivity contribution is -0.0458. The van der Waals surface area contributed by atoms with E-state index >= 15 is 0 Å². The standard InChI is InChI=1S/C26H48N7O9P2Si/c1-26(2,3)45(8,9)42-21-20(41-44(36)38-15-11-13-32(6)7)18(16-39-43(35)37-14-10-12-31(4)5)40-24(21)33-17-28-19-22(33)29-25(27)30-23(19)34/h17-18,20-21,24H,10-16H2,1-9H3,(H2-,27,29,30,34)/q+1/p+1. The van der Waals surface area contributed by atoms with Crippen molar-refractivity contribution in [3.8, 4) is 0 Å². The first kappa shape index (κ1) is 37.7. The highest BCUT2D eigenvalue weighted by Crippen LogP contribution is 2.45. The van der Waals surface area contributed by atoms with E-state index in [1.165, 1.54) is 10.9 Å². The van der Waals surface area contributed by atoms with Crippen molar-refractivity contribution in [2.75, 3.05) is 66.8 Å². The van der Waals surface area contributed by atoms with Gasteiger partial charge < -0.3 is 24.7 Å². The minimum absolute atomic E-state index is 0.0561. The second-order valence-corrected chi connectivity index (χ2v) is 19.6. The molecule has 1 saturated heterocycles. The van der Waals surface area contributed by atoms with Crippen LogP contribution in [-0.2, 0) is 36.4 Å². The van der Waals surface area contributed by atoms with E-state index in [-0.39, 0.29) is 42.0 Å². The Balaban J connectivity index is 1.94. The summed E-state index contributed by atoms with van der Waals surface area (Å²) in [5.41, 5.74) is 5.58. The quantitative estimate of drug-likeness (QED) is 0.131. The van der Waals surface area contributed by atoms with E-state index in [4.69, 9.17) is 33.0 Å². The largest absolute Gasteiger partial charge is 0.697 e. The number of rotatable bonds is 18. The van der Waals surface area contributed by atoms with Crippen molar-refractivity contribution in [1.82, 2.24) is 29.3 Å².